The zero-order valence-electron chi connectivity index (χ0n) is 8.89. The van der Waals surface area contributed by atoms with Crippen molar-refractivity contribution in [3.05, 3.63) is 0 Å². The maximum absolute atomic E-state index is 11.6. The van der Waals surface area contributed by atoms with E-state index in [1.165, 1.54) is 19.3 Å². The smallest absolute Gasteiger partial charge is 0.220 e. The molecule has 0 aromatic carbocycles. The zero-order chi connectivity index (χ0) is 10.4. The molecule has 14 heavy (non-hydrogen) atoms. The fourth-order valence-corrected chi connectivity index (χ4v) is 2.31. The van der Waals surface area contributed by atoms with Gasteiger partial charge in [0, 0.05) is 17.8 Å². The van der Waals surface area contributed by atoms with Gasteiger partial charge in [0.15, 0.2) is 0 Å². The van der Waals surface area contributed by atoms with Crippen molar-refractivity contribution in [2.24, 2.45) is 5.92 Å². The summed E-state index contributed by atoms with van der Waals surface area (Å²) in [6.45, 7) is 2.12. The van der Waals surface area contributed by atoms with Gasteiger partial charge in [-0.2, -0.15) is 0 Å². The first-order valence-electron chi connectivity index (χ1n) is 5.61. The maximum Gasteiger partial charge on any atom is 0.220 e. The van der Waals surface area contributed by atoms with Gasteiger partial charge in [0.25, 0.3) is 0 Å². The lowest BCUT2D eigenvalue weighted by Gasteiger charge is -2.25. The van der Waals surface area contributed by atoms with Crippen molar-refractivity contribution in [3.8, 4) is 0 Å². The Labute approximate surface area is 95.0 Å². The van der Waals surface area contributed by atoms with Gasteiger partial charge in [0.05, 0.1) is 0 Å². The summed E-state index contributed by atoms with van der Waals surface area (Å²) in [7, 11) is 0. The van der Waals surface area contributed by atoms with E-state index in [1.807, 2.05) is 0 Å². The molecule has 2 nitrogen and oxygen atoms in total. The Morgan fingerprint density at radius 3 is 2.71 bits per heavy atom. The number of hydrogen-bond acceptors (Lipinski definition) is 1. The third kappa shape index (κ3) is 3.99. The van der Waals surface area contributed by atoms with E-state index in [-0.39, 0.29) is 5.91 Å². The van der Waals surface area contributed by atoms with Crippen LogP contribution in [0.25, 0.3) is 0 Å². The number of nitrogens with one attached hydrogen (secondary N) is 1. The fourth-order valence-electron chi connectivity index (χ4n) is 1.76. The van der Waals surface area contributed by atoms with Crippen LogP contribution >= 0.6 is 15.9 Å². The minimum Gasteiger partial charge on any atom is -0.353 e. The SMILES string of the molecule is CCC(CCBr)NC(=O)CC1CCC1. The van der Waals surface area contributed by atoms with Crippen molar-refractivity contribution in [2.45, 2.75) is 51.5 Å². The molecule has 3 heteroatoms. The Balaban J connectivity index is 2.15. The van der Waals surface area contributed by atoms with Crippen LogP contribution in [0.15, 0.2) is 0 Å². The molecule has 1 amide bonds. The average Bonchev–Trinajstić information content (AvgIpc) is 2.11. The molecule has 0 radical (unpaired) electrons. The Hall–Kier alpha value is -0.0500. The van der Waals surface area contributed by atoms with Gasteiger partial charge in [0.1, 0.15) is 0 Å². The van der Waals surface area contributed by atoms with Crippen molar-refractivity contribution >= 4 is 21.8 Å². The van der Waals surface area contributed by atoms with E-state index in [4.69, 9.17) is 0 Å². The van der Waals surface area contributed by atoms with E-state index in [0.29, 0.717) is 12.0 Å². The molecule has 0 bridgehead atoms. The highest BCUT2D eigenvalue weighted by Gasteiger charge is 2.21. The quantitative estimate of drug-likeness (QED) is 0.733. The second-order valence-electron chi connectivity index (χ2n) is 4.15. The number of halogens is 1. The summed E-state index contributed by atoms with van der Waals surface area (Å²) in [5.41, 5.74) is 0. The third-order valence-electron chi connectivity index (χ3n) is 3.01. The molecule has 1 unspecified atom stereocenters. The average molecular weight is 262 g/mol. The Morgan fingerprint density at radius 1 is 1.57 bits per heavy atom. The first-order chi connectivity index (χ1) is 6.76. The summed E-state index contributed by atoms with van der Waals surface area (Å²) in [4.78, 5) is 11.6. The number of hydrogen-bond donors (Lipinski definition) is 1. The number of carbonyl (C=O) groups excluding carboxylic acids is 1. The third-order valence-corrected chi connectivity index (χ3v) is 3.47. The molecular weight excluding hydrogens is 242 g/mol. The van der Waals surface area contributed by atoms with Crippen LogP contribution in [0.4, 0.5) is 0 Å². The predicted octanol–water partition coefficient (Wildman–Crippen LogP) is 2.86. The van der Waals surface area contributed by atoms with Crippen LogP contribution in [0.2, 0.25) is 0 Å². The van der Waals surface area contributed by atoms with E-state index in [0.717, 1.165) is 24.6 Å². The highest BCUT2D eigenvalue weighted by atomic mass is 79.9. The van der Waals surface area contributed by atoms with Gasteiger partial charge in [-0.15, -0.1) is 0 Å². The molecule has 1 fully saturated rings. The van der Waals surface area contributed by atoms with Crippen LogP contribution in [-0.2, 0) is 4.79 Å². The van der Waals surface area contributed by atoms with E-state index in [2.05, 4.69) is 28.2 Å². The Kier molecular flexibility index (Phi) is 5.53. The lowest BCUT2D eigenvalue weighted by Crippen LogP contribution is -2.36. The monoisotopic (exact) mass is 261 g/mol. The molecule has 82 valence electrons. The highest BCUT2D eigenvalue weighted by molar-refractivity contribution is 9.09. The van der Waals surface area contributed by atoms with Crippen LogP contribution in [-0.4, -0.2) is 17.3 Å². The number of rotatable bonds is 6. The first-order valence-corrected chi connectivity index (χ1v) is 6.73. The van der Waals surface area contributed by atoms with Crippen LogP contribution in [0, 0.1) is 5.92 Å². The number of carbonyl (C=O) groups is 1. The van der Waals surface area contributed by atoms with E-state index in [1.54, 1.807) is 0 Å². The van der Waals surface area contributed by atoms with Crippen molar-refractivity contribution in [1.82, 2.24) is 5.32 Å². The molecule has 1 saturated carbocycles. The second-order valence-corrected chi connectivity index (χ2v) is 4.94. The van der Waals surface area contributed by atoms with Crippen LogP contribution in [0.5, 0.6) is 0 Å². The highest BCUT2D eigenvalue weighted by Crippen LogP contribution is 2.29. The molecule has 0 aromatic rings. The van der Waals surface area contributed by atoms with E-state index in [9.17, 15) is 4.79 Å². The molecule has 0 saturated heterocycles. The number of alkyl halides is 1. The molecule has 1 rings (SSSR count). The van der Waals surface area contributed by atoms with E-state index < -0.39 is 0 Å². The van der Waals surface area contributed by atoms with Crippen molar-refractivity contribution in [2.75, 3.05) is 5.33 Å². The summed E-state index contributed by atoms with van der Waals surface area (Å²) in [5, 5.41) is 4.07. The minimum absolute atomic E-state index is 0.252. The first kappa shape index (κ1) is 12.0. The minimum atomic E-state index is 0.252. The summed E-state index contributed by atoms with van der Waals surface area (Å²) in [5.74, 6) is 0.930. The van der Waals surface area contributed by atoms with Crippen molar-refractivity contribution < 1.29 is 4.79 Å². The summed E-state index contributed by atoms with van der Waals surface area (Å²) in [6.07, 6.45) is 6.63. The Morgan fingerprint density at radius 2 is 2.29 bits per heavy atom. The normalized spacial score (nSPS) is 18.7. The lowest BCUT2D eigenvalue weighted by molar-refractivity contribution is -0.123. The van der Waals surface area contributed by atoms with Crippen molar-refractivity contribution in [1.29, 1.82) is 0 Å². The van der Waals surface area contributed by atoms with Gasteiger partial charge in [-0.05, 0) is 31.6 Å². The molecule has 0 aromatic heterocycles. The summed E-state index contributed by atoms with van der Waals surface area (Å²) in [6, 6.07) is 0.363. The van der Waals surface area contributed by atoms with Gasteiger partial charge in [-0.25, -0.2) is 0 Å². The topological polar surface area (TPSA) is 29.1 Å². The number of amides is 1. The molecular formula is C11H20BrNO. The molecule has 1 aliphatic rings. The van der Waals surface area contributed by atoms with Crippen LogP contribution < -0.4 is 5.32 Å². The fraction of sp³-hybridized carbons (Fsp3) is 0.909. The largest absolute Gasteiger partial charge is 0.353 e. The molecule has 0 spiro atoms. The standard InChI is InChI=1S/C11H20BrNO/c1-2-10(6-7-12)13-11(14)8-9-4-3-5-9/h9-10H,2-8H2,1H3,(H,13,14). The summed E-state index contributed by atoms with van der Waals surface area (Å²) < 4.78 is 0. The molecule has 0 aliphatic heterocycles. The van der Waals surface area contributed by atoms with Crippen LogP contribution in [0.1, 0.15) is 45.4 Å². The lowest BCUT2D eigenvalue weighted by atomic mass is 9.83. The second kappa shape index (κ2) is 6.44. The van der Waals surface area contributed by atoms with Crippen molar-refractivity contribution in [3.63, 3.8) is 0 Å². The molecule has 1 atom stereocenters. The molecule has 0 heterocycles. The molecule has 1 N–H and O–H groups in total. The molecule has 1 aliphatic carbocycles. The predicted molar refractivity (Wildman–Crippen MR) is 62.6 cm³/mol. The maximum atomic E-state index is 11.6. The van der Waals surface area contributed by atoms with Gasteiger partial charge in [-0.3, -0.25) is 4.79 Å². The Bertz CT molecular complexity index is 180. The van der Waals surface area contributed by atoms with Gasteiger partial charge in [-0.1, -0.05) is 29.3 Å². The van der Waals surface area contributed by atoms with E-state index >= 15 is 0 Å². The van der Waals surface area contributed by atoms with Crippen LogP contribution in [0.3, 0.4) is 0 Å². The van der Waals surface area contributed by atoms with Gasteiger partial charge in [0.2, 0.25) is 5.91 Å². The summed E-state index contributed by atoms with van der Waals surface area (Å²) >= 11 is 3.41. The van der Waals surface area contributed by atoms with Gasteiger partial charge >= 0.3 is 0 Å². The van der Waals surface area contributed by atoms with Gasteiger partial charge < -0.3 is 5.32 Å². The zero-order valence-corrected chi connectivity index (χ0v) is 10.5.